The largest absolute Gasteiger partial charge is 0.374 e. The van der Waals surface area contributed by atoms with Crippen molar-refractivity contribution in [3.63, 3.8) is 0 Å². The quantitative estimate of drug-likeness (QED) is 0.597. The van der Waals surface area contributed by atoms with Gasteiger partial charge in [-0.05, 0) is 24.3 Å². The van der Waals surface area contributed by atoms with Crippen molar-refractivity contribution in [1.29, 1.82) is 5.26 Å². The lowest BCUT2D eigenvalue weighted by atomic mass is 10.2. The summed E-state index contributed by atoms with van der Waals surface area (Å²) in [5.41, 5.74) is 6.32. The number of anilines is 1. The molecule has 7 heteroatoms. The Bertz CT molecular complexity index is 600. The van der Waals surface area contributed by atoms with Gasteiger partial charge >= 0.3 is 0 Å². The molecule has 1 aliphatic heterocycles. The lowest BCUT2D eigenvalue weighted by molar-refractivity contribution is -0.112. The minimum Gasteiger partial charge on any atom is -0.374 e. The van der Waals surface area contributed by atoms with E-state index >= 15 is 0 Å². The van der Waals surface area contributed by atoms with Crippen LogP contribution in [0.25, 0.3) is 0 Å². The van der Waals surface area contributed by atoms with Crippen molar-refractivity contribution in [2.75, 3.05) is 44.6 Å². The lowest BCUT2D eigenvalue weighted by Gasteiger charge is -2.33. The van der Waals surface area contributed by atoms with Crippen LogP contribution in [-0.4, -0.2) is 55.0 Å². The van der Waals surface area contributed by atoms with Gasteiger partial charge in [-0.3, -0.25) is 9.69 Å². The number of rotatable bonds is 5. The van der Waals surface area contributed by atoms with Crippen LogP contribution >= 0.6 is 15.9 Å². The molecule has 1 saturated heterocycles. The molecule has 0 bridgehead atoms. The van der Waals surface area contributed by atoms with Gasteiger partial charge < -0.3 is 16.0 Å². The Morgan fingerprint density at radius 2 is 1.96 bits per heavy atom. The maximum Gasteiger partial charge on any atom is 0.267 e. The second-order valence-electron chi connectivity index (χ2n) is 5.28. The van der Waals surface area contributed by atoms with Crippen LogP contribution in [0.5, 0.6) is 0 Å². The van der Waals surface area contributed by atoms with E-state index in [1.165, 1.54) is 0 Å². The summed E-state index contributed by atoms with van der Waals surface area (Å²) in [6, 6.07) is 9.21. The molecular formula is C16H20BrN5O. The normalized spacial score (nSPS) is 16.0. The van der Waals surface area contributed by atoms with E-state index < -0.39 is 0 Å². The Morgan fingerprint density at radius 1 is 1.30 bits per heavy atom. The average Bonchev–Trinajstić information content (AvgIpc) is 2.56. The molecule has 1 aromatic carbocycles. The molecule has 3 N–H and O–H groups in total. The first-order valence-electron chi connectivity index (χ1n) is 7.47. The molecule has 6 nitrogen and oxygen atoms in total. The number of nitrogens with two attached hydrogens (primary N) is 1. The number of nitrogens with one attached hydrogen (secondary N) is 1. The zero-order valence-electron chi connectivity index (χ0n) is 12.8. The average molecular weight is 378 g/mol. The number of nitrogens with zero attached hydrogens (tertiary/aromatic N) is 3. The number of hydrogen-bond acceptors (Lipinski definition) is 5. The van der Waals surface area contributed by atoms with E-state index in [1.54, 1.807) is 18.3 Å². The molecule has 23 heavy (non-hydrogen) atoms. The first kappa shape index (κ1) is 17.5. The minimum atomic E-state index is -0.390. The van der Waals surface area contributed by atoms with E-state index in [9.17, 15) is 10.1 Å². The van der Waals surface area contributed by atoms with Gasteiger partial charge in [0.2, 0.25) is 0 Å². The van der Waals surface area contributed by atoms with Crippen molar-refractivity contribution in [2.24, 2.45) is 5.73 Å². The molecule has 1 fully saturated rings. The molecule has 0 aromatic heterocycles. The topological polar surface area (TPSA) is 85.4 Å². The standard InChI is InChI=1S/C16H20BrN5O/c17-14-1-3-15(4-2-14)20-16(23)13(11-19)12-22-9-7-21(6-5-18)8-10-22/h1-4,12H,5-10,18H2,(H,20,23)/b13-12-. The molecule has 0 aliphatic carbocycles. The van der Waals surface area contributed by atoms with Crippen LogP contribution in [0.2, 0.25) is 0 Å². The number of carbonyl (C=O) groups excluding carboxylic acids is 1. The van der Waals surface area contributed by atoms with Crippen LogP contribution < -0.4 is 11.1 Å². The van der Waals surface area contributed by atoms with Crippen molar-refractivity contribution in [3.8, 4) is 6.07 Å². The van der Waals surface area contributed by atoms with Crippen molar-refractivity contribution >= 4 is 27.5 Å². The van der Waals surface area contributed by atoms with Crippen molar-refractivity contribution < 1.29 is 4.79 Å². The van der Waals surface area contributed by atoms with Crippen LogP contribution in [0.15, 0.2) is 40.5 Å². The summed E-state index contributed by atoms with van der Waals surface area (Å²) in [7, 11) is 0. The predicted octanol–water partition coefficient (Wildman–Crippen LogP) is 1.37. The Morgan fingerprint density at radius 3 is 2.52 bits per heavy atom. The van der Waals surface area contributed by atoms with Crippen LogP contribution in [0, 0.1) is 11.3 Å². The maximum absolute atomic E-state index is 12.2. The van der Waals surface area contributed by atoms with Gasteiger partial charge in [0.15, 0.2) is 0 Å². The van der Waals surface area contributed by atoms with Crippen LogP contribution in [0.3, 0.4) is 0 Å². The van der Waals surface area contributed by atoms with Crippen molar-refractivity contribution in [1.82, 2.24) is 9.80 Å². The number of carbonyl (C=O) groups is 1. The molecule has 0 radical (unpaired) electrons. The van der Waals surface area contributed by atoms with Gasteiger partial charge in [0.05, 0.1) is 0 Å². The van der Waals surface area contributed by atoms with E-state index in [2.05, 4.69) is 26.1 Å². The van der Waals surface area contributed by atoms with Gasteiger partial charge in [0.1, 0.15) is 11.6 Å². The number of amides is 1. The number of halogens is 1. The Kier molecular flexibility index (Phi) is 6.59. The van der Waals surface area contributed by atoms with E-state index in [0.717, 1.165) is 37.2 Å². The monoisotopic (exact) mass is 377 g/mol. The molecule has 2 rings (SSSR count). The predicted molar refractivity (Wildman–Crippen MR) is 93.5 cm³/mol. The van der Waals surface area contributed by atoms with E-state index in [4.69, 9.17) is 5.73 Å². The molecule has 1 heterocycles. The maximum atomic E-state index is 12.2. The van der Waals surface area contributed by atoms with E-state index in [1.807, 2.05) is 23.1 Å². The van der Waals surface area contributed by atoms with Gasteiger partial charge in [-0.15, -0.1) is 0 Å². The molecule has 1 aliphatic rings. The molecule has 1 aromatic rings. The first-order chi connectivity index (χ1) is 11.1. The highest BCUT2D eigenvalue weighted by atomic mass is 79.9. The highest BCUT2D eigenvalue weighted by molar-refractivity contribution is 9.10. The summed E-state index contributed by atoms with van der Waals surface area (Å²) in [5.74, 6) is -0.390. The third kappa shape index (κ3) is 5.36. The molecule has 0 atom stereocenters. The number of hydrogen-bond donors (Lipinski definition) is 2. The second kappa shape index (κ2) is 8.67. The van der Waals surface area contributed by atoms with Gasteiger partial charge in [-0.25, -0.2) is 0 Å². The second-order valence-corrected chi connectivity index (χ2v) is 6.20. The van der Waals surface area contributed by atoms with E-state index in [-0.39, 0.29) is 11.5 Å². The summed E-state index contributed by atoms with van der Waals surface area (Å²) >= 11 is 3.34. The van der Waals surface area contributed by atoms with Crippen molar-refractivity contribution in [2.45, 2.75) is 0 Å². The zero-order valence-corrected chi connectivity index (χ0v) is 14.4. The highest BCUT2D eigenvalue weighted by Gasteiger charge is 2.16. The van der Waals surface area contributed by atoms with Gasteiger partial charge in [-0.1, -0.05) is 15.9 Å². The van der Waals surface area contributed by atoms with Crippen LogP contribution in [0.1, 0.15) is 0 Å². The summed E-state index contributed by atoms with van der Waals surface area (Å²) in [6.07, 6.45) is 1.65. The van der Waals surface area contributed by atoms with Gasteiger partial charge in [0.25, 0.3) is 5.91 Å². The minimum absolute atomic E-state index is 0.111. The summed E-state index contributed by atoms with van der Waals surface area (Å²) in [4.78, 5) is 16.5. The fraction of sp³-hybridized carbons (Fsp3) is 0.375. The van der Waals surface area contributed by atoms with Gasteiger partial charge in [-0.2, -0.15) is 5.26 Å². The van der Waals surface area contributed by atoms with Crippen molar-refractivity contribution in [3.05, 3.63) is 40.5 Å². The first-order valence-corrected chi connectivity index (χ1v) is 8.27. The molecule has 0 spiro atoms. The number of piperazine rings is 1. The van der Waals surface area contributed by atoms with Crippen LogP contribution in [0.4, 0.5) is 5.69 Å². The number of benzene rings is 1. The third-order valence-corrected chi connectivity index (χ3v) is 4.16. The summed E-state index contributed by atoms with van der Waals surface area (Å²) < 4.78 is 0.932. The molecule has 1 amide bonds. The molecule has 122 valence electrons. The summed E-state index contributed by atoms with van der Waals surface area (Å²) in [6.45, 7) is 4.89. The van der Waals surface area contributed by atoms with E-state index in [0.29, 0.717) is 12.2 Å². The zero-order chi connectivity index (χ0) is 16.7. The smallest absolute Gasteiger partial charge is 0.267 e. The lowest BCUT2D eigenvalue weighted by Crippen LogP contribution is -2.45. The third-order valence-electron chi connectivity index (χ3n) is 3.63. The fourth-order valence-corrected chi connectivity index (χ4v) is 2.62. The molecule has 0 unspecified atom stereocenters. The number of nitriles is 1. The van der Waals surface area contributed by atoms with Crippen LogP contribution in [-0.2, 0) is 4.79 Å². The van der Waals surface area contributed by atoms with Gasteiger partial charge in [0, 0.05) is 55.6 Å². The summed E-state index contributed by atoms with van der Waals surface area (Å²) in [5, 5.41) is 12.0. The molecular weight excluding hydrogens is 358 g/mol. The highest BCUT2D eigenvalue weighted by Crippen LogP contribution is 2.15. The Labute approximate surface area is 144 Å². The SMILES string of the molecule is N#C/C(=C/N1CCN(CCN)CC1)C(=O)Nc1ccc(Br)cc1. The molecule has 0 saturated carbocycles. The fourth-order valence-electron chi connectivity index (χ4n) is 2.35. The Hall–Kier alpha value is -1.88. The Balaban J connectivity index is 1.95.